The first-order valence-corrected chi connectivity index (χ1v) is 4.62. The lowest BCUT2D eigenvalue weighted by Gasteiger charge is -2.03. The van der Waals surface area contributed by atoms with Gasteiger partial charge in [-0.25, -0.2) is 0 Å². The van der Waals surface area contributed by atoms with Gasteiger partial charge in [0.05, 0.1) is 6.42 Å². The summed E-state index contributed by atoms with van der Waals surface area (Å²) in [7, 11) is 3.75. The number of aliphatic carboxylic acids is 1. The van der Waals surface area contributed by atoms with E-state index in [9.17, 15) is 4.79 Å². The van der Waals surface area contributed by atoms with Gasteiger partial charge in [0.25, 0.3) is 0 Å². The van der Waals surface area contributed by atoms with Gasteiger partial charge in [-0.05, 0) is 0 Å². The Kier molecular flexibility index (Phi) is 3.18. The summed E-state index contributed by atoms with van der Waals surface area (Å²) in [6, 6.07) is 0. The molecule has 0 aromatic carbocycles. The normalized spacial score (nSPS) is 10.0. The number of rotatable bonds is 4. The molecule has 0 aliphatic rings. The number of aryl methyl sites for hydroxylation is 1. The van der Waals surface area contributed by atoms with Gasteiger partial charge in [0.2, 0.25) is 5.13 Å². The number of hydrogen-bond donors (Lipinski definition) is 1. The Labute approximate surface area is 80.0 Å². The molecule has 1 N–H and O–H groups in total. The molecule has 6 heteroatoms. The quantitative estimate of drug-likeness (QED) is 0.773. The second-order valence-corrected chi connectivity index (χ2v) is 3.81. The van der Waals surface area contributed by atoms with Gasteiger partial charge < -0.3 is 10.0 Å². The largest absolute Gasteiger partial charge is 0.481 e. The maximum atomic E-state index is 10.3. The van der Waals surface area contributed by atoms with Gasteiger partial charge in [-0.15, -0.1) is 10.2 Å². The Bertz CT molecular complexity index is 298. The van der Waals surface area contributed by atoms with Crippen LogP contribution in [0.3, 0.4) is 0 Å². The second kappa shape index (κ2) is 4.18. The van der Waals surface area contributed by atoms with Crippen LogP contribution in [0.25, 0.3) is 0 Å². The van der Waals surface area contributed by atoms with Crippen molar-refractivity contribution in [3.05, 3.63) is 5.01 Å². The molecule has 1 aromatic heterocycles. The molecule has 1 rings (SSSR count). The van der Waals surface area contributed by atoms with E-state index >= 15 is 0 Å². The van der Waals surface area contributed by atoms with Gasteiger partial charge in [0.15, 0.2) is 0 Å². The Morgan fingerprint density at radius 3 is 2.69 bits per heavy atom. The maximum absolute atomic E-state index is 10.3. The van der Waals surface area contributed by atoms with E-state index in [-0.39, 0.29) is 6.42 Å². The first-order chi connectivity index (χ1) is 6.09. The van der Waals surface area contributed by atoms with Gasteiger partial charge in [0, 0.05) is 20.5 Å². The highest BCUT2D eigenvalue weighted by Gasteiger charge is 2.06. The zero-order valence-corrected chi connectivity index (χ0v) is 8.34. The van der Waals surface area contributed by atoms with Crippen molar-refractivity contribution in [2.75, 3.05) is 19.0 Å². The maximum Gasteiger partial charge on any atom is 0.303 e. The zero-order valence-electron chi connectivity index (χ0n) is 7.52. The number of anilines is 1. The molecule has 0 atom stereocenters. The van der Waals surface area contributed by atoms with Crippen LogP contribution >= 0.6 is 11.3 Å². The van der Waals surface area contributed by atoms with Crippen LogP contribution < -0.4 is 4.90 Å². The zero-order chi connectivity index (χ0) is 9.84. The third-order valence-corrected chi connectivity index (χ3v) is 2.54. The van der Waals surface area contributed by atoms with Crippen molar-refractivity contribution in [1.29, 1.82) is 0 Å². The molecule has 1 aromatic rings. The number of carboxylic acids is 1. The lowest BCUT2D eigenvalue weighted by Crippen LogP contribution is -2.07. The molecule has 0 bridgehead atoms. The average molecular weight is 201 g/mol. The Balaban J connectivity index is 2.54. The van der Waals surface area contributed by atoms with Crippen LogP contribution in [0.15, 0.2) is 0 Å². The van der Waals surface area contributed by atoms with E-state index in [0.29, 0.717) is 6.42 Å². The van der Waals surface area contributed by atoms with Crippen LogP contribution in [0, 0.1) is 0 Å². The minimum atomic E-state index is -0.804. The van der Waals surface area contributed by atoms with Crippen LogP contribution in [-0.2, 0) is 11.2 Å². The fourth-order valence-electron chi connectivity index (χ4n) is 0.740. The highest BCUT2D eigenvalue weighted by molar-refractivity contribution is 7.15. The lowest BCUT2D eigenvalue weighted by molar-refractivity contribution is -0.136. The number of hydrogen-bond acceptors (Lipinski definition) is 5. The van der Waals surface area contributed by atoms with E-state index in [4.69, 9.17) is 5.11 Å². The molecule has 0 spiro atoms. The standard InChI is InChI=1S/C7H11N3O2S/c1-10(2)7-9-8-5(13-7)3-4-6(11)12/h3-4H2,1-2H3,(H,11,12). The predicted octanol–water partition coefficient (Wildman–Crippen LogP) is 0.621. The van der Waals surface area contributed by atoms with E-state index in [1.165, 1.54) is 11.3 Å². The summed E-state index contributed by atoms with van der Waals surface area (Å²) in [5, 5.41) is 17.8. The summed E-state index contributed by atoms with van der Waals surface area (Å²) in [4.78, 5) is 12.1. The molecule has 72 valence electrons. The van der Waals surface area contributed by atoms with E-state index in [0.717, 1.165) is 10.1 Å². The fraction of sp³-hybridized carbons (Fsp3) is 0.571. The molecule has 1 heterocycles. The van der Waals surface area contributed by atoms with Crippen molar-refractivity contribution in [3.8, 4) is 0 Å². The minimum Gasteiger partial charge on any atom is -0.481 e. The van der Waals surface area contributed by atoms with Gasteiger partial charge in [-0.1, -0.05) is 11.3 Å². The van der Waals surface area contributed by atoms with Crippen molar-refractivity contribution < 1.29 is 9.90 Å². The first-order valence-electron chi connectivity index (χ1n) is 3.81. The van der Waals surface area contributed by atoms with Crippen molar-refractivity contribution in [2.45, 2.75) is 12.8 Å². The molecule has 5 nitrogen and oxygen atoms in total. The highest BCUT2D eigenvalue weighted by Crippen LogP contribution is 2.18. The Morgan fingerprint density at radius 2 is 2.23 bits per heavy atom. The molecule has 0 aliphatic heterocycles. The molecule has 0 saturated carbocycles. The fourth-order valence-corrected chi connectivity index (χ4v) is 1.50. The first kappa shape index (κ1) is 9.91. The average Bonchev–Trinajstić information content (AvgIpc) is 2.48. The van der Waals surface area contributed by atoms with Gasteiger partial charge in [-0.3, -0.25) is 4.79 Å². The van der Waals surface area contributed by atoms with E-state index < -0.39 is 5.97 Å². The topological polar surface area (TPSA) is 66.3 Å². The number of nitrogens with zero attached hydrogens (tertiary/aromatic N) is 3. The molecular formula is C7H11N3O2S. The molecule has 0 radical (unpaired) electrons. The Hall–Kier alpha value is -1.17. The van der Waals surface area contributed by atoms with Gasteiger partial charge in [-0.2, -0.15) is 0 Å². The van der Waals surface area contributed by atoms with E-state index in [1.807, 2.05) is 19.0 Å². The molecule has 0 unspecified atom stereocenters. The summed E-state index contributed by atoms with van der Waals surface area (Å²) >= 11 is 1.42. The summed E-state index contributed by atoms with van der Waals surface area (Å²) in [5.74, 6) is -0.804. The summed E-state index contributed by atoms with van der Waals surface area (Å²) in [5.41, 5.74) is 0. The number of aromatic nitrogens is 2. The van der Waals surface area contributed by atoms with Crippen LogP contribution in [0.2, 0.25) is 0 Å². The van der Waals surface area contributed by atoms with Crippen LogP contribution in [0.5, 0.6) is 0 Å². The summed E-state index contributed by atoms with van der Waals surface area (Å²) in [6.45, 7) is 0. The van der Waals surface area contributed by atoms with Crippen LogP contribution in [0.1, 0.15) is 11.4 Å². The van der Waals surface area contributed by atoms with Crippen molar-refractivity contribution >= 4 is 22.4 Å². The monoisotopic (exact) mass is 201 g/mol. The third-order valence-electron chi connectivity index (χ3n) is 1.39. The number of carboxylic acid groups (broad SMARTS) is 1. The predicted molar refractivity (Wildman–Crippen MR) is 50.2 cm³/mol. The van der Waals surface area contributed by atoms with Crippen molar-refractivity contribution in [2.24, 2.45) is 0 Å². The second-order valence-electron chi connectivity index (χ2n) is 2.77. The van der Waals surface area contributed by atoms with Gasteiger partial charge >= 0.3 is 5.97 Å². The van der Waals surface area contributed by atoms with Crippen molar-refractivity contribution in [3.63, 3.8) is 0 Å². The van der Waals surface area contributed by atoms with E-state index in [2.05, 4.69) is 10.2 Å². The molecule has 0 amide bonds. The molecule has 0 aliphatic carbocycles. The highest BCUT2D eigenvalue weighted by atomic mass is 32.1. The van der Waals surface area contributed by atoms with Crippen molar-refractivity contribution in [1.82, 2.24) is 10.2 Å². The molecule has 13 heavy (non-hydrogen) atoms. The molecule has 0 saturated heterocycles. The van der Waals surface area contributed by atoms with Gasteiger partial charge in [0.1, 0.15) is 5.01 Å². The molecule has 0 fully saturated rings. The summed E-state index contributed by atoms with van der Waals surface area (Å²) in [6.07, 6.45) is 0.572. The third kappa shape index (κ3) is 2.98. The lowest BCUT2D eigenvalue weighted by atomic mass is 10.3. The molecular weight excluding hydrogens is 190 g/mol. The number of carbonyl (C=O) groups is 1. The summed E-state index contributed by atoms with van der Waals surface area (Å²) < 4.78 is 0. The van der Waals surface area contributed by atoms with Crippen LogP contribution in [-0.4, -0.2) is 35.4 Å². The Morgan fingerprint density at radius 1 is 1.54 bits per heavy atom. The van der Waals surface area contributed by atoms with Crippen LogP contribution in [0.4, 0.5) is 5.13 Å². The minimum absolute atomic E-state index is 0.113. The van der Waals surface area contributed by atoms with E-state index in [1.54, 1.807) is 0 Å². The smallest absolute Gasteiger partial charge is 0.303 e. The SMILES string of the molecule is CN(C)c1nnc(CCC(=O)O)s1.